The van der Waals surface area contributed by atoms with Crippen molar-refractivity contribution in [3.63, 3.8) is 0 Å². The van der Waals surface area contributed by atoms with Crippen molar-refractivity contribution in [2.75, 3.05) is 26.7 Å². The van der Waals surface area contributed by atoms with Gasteiger partial charge in [-0.3, -0.25) is 0 Å². The van der Waals surface area contributed by atoms with E-state index in [0.717, 1.165) is 37.2 Å². The Labute approximate surface area is 264 Å². The molecule has 4 aromatic rings. The van der Waals surface area contributed by atoms with Crippen LogP contribution in [0.5, 0.6) is 5.75 Å². The maximum atomic E-state index is 9.10. The average Bonchev–Trinajstić information content (AvgIpc) is 3.60. The summed E-state index contributed by atoms with van der Waals surface area (Å²) in [7, 11) is 1.72. The number of ether oxygens (including phenoxy) is 1. The number of carboxylic acid groups (broad SMARTS) is 4. The molecule has 13 heteroatoms. The Balaban J connectivity index is 0.000000392. The summed E-state index contributed by atoms with van der Waals surface area (Å²) in [5.41, 5.74) is 3.77. The van der Waals surface area contributed by atoms with Gasteiger partial charge in [0.1, 0.15) is 11.6 Å². The van der Waals surface area contributed by atoms with Gasteiger partial charge in [0.15, 0.2) is 0 Å². The van der Waals surface area contributed by atoms with Crippen molar-refractivity contribution in [1.82, 2.24) is 14.5 Å². The lowest BCUT2D eigenvalue weighted by atomic mass is 9.93. The summed E-state index contributed by atoms with van der Waals surface area (Å²) < 4.78 is 7.72. The van der Waals surface area contributed by atoms with E-state index < -0.39 is 23.9 Å². The van der Waals surface area contributed by atoms with E-state index in [1.807, 2.05) is 11.3 Å². The lowest BCUT2D eigenvalue weighted by molar-refractivity contribution is -0.159. The molecule has 4 N–H and O–H groups in total. The lowest BCUT2D eigenvalue weighted by Gasteiger charge is -2.32. The molecule has 1 aliphatic rings. The fraction of sp³-hybridized carbons (Fsp3) is 0.344. The van der Waals surface area contributed by atoms with Crippen molar-refractivity contribution < 1.29 is 44.3 Å². The Morgan fingerprint density at radius 1 is 0.867 bits per heavy atom. The molecule has 1 aliphatic heterocycles. The molecule has 5 rings (SSSR count). The first-order valence-corrected chi connectivity index (χ1v) is 15.1. The number of fused-ring (bicyclic) bond motifs is 1. The van der Waals surface area contributed by atoms with Crippen LogP contribution in [0.2, 0.25) is 0 Å². The van der Waals surface area contributed by atoms with E-state index in [0.29, 0.717) is 5.92 Å². The normalized spacial score (nSPS) is 13.2. The highest BCUT2D eigenvalue weighted by atomic mass is 32.1. The third-order valence-electron chi connectivity index (χ3n) is 7.26. The van der Waals surface area contributed by atoms with E-state index >= 15 is 0 Å². The maximum Gasteiger partial charge on any atom is 0.414 e. The molecule has 1 saturated heterocycles. The highest BCUT2D eigenvalue weighted by Crippen LogP contribution is 2.26. The van der Waals surface area contributed by atoms with Gasteiger partial charge in [0, 0.05) is 22.7 Å². The van der Waals surface area contributed by atoms with Gasteiger partial charge in [0.05, 0.1) is 24.7 Å². The van der Waals surface area contributed by atoms with Crippen molar-refractivity contribution in [2.24, 2.45) is 5.92 Å². The van der Waals surface area contributed by atoms with E-state index in [1.165, 1.54) is 52.6 Å². The van der Waals surface area contributed by atoms with Gasteiger partial charge in [0.2, 0.25) is 0 Å². The SMILES string of the molecule is COc1ccc(CCN2CCC(Cc3nc4ccccc4n3Cc3ccc(C)s3)CC2)cc1.O=C(O)C(=O)O.O=C(O)C(=O)O. The number of carbonyl (C=O) groups is 4. The van der Waals surface area contributed by atoms with Crippen LogP contribution in [-0.4, -0.2) is 85.5 Å². The molecule has 0 amide bonds. The number of likely N-dealkylation sites (tertiary alicyclic amines) is 1. The Bertz CT molecular complexity index is 1540. The van der Waals surface area contributed by atoms with Crippen LogP contribution >= 0.6 is 11.3 Å². The maximum absolute atomic E-state index is 9.10. The lowest BCUT2D eigenvalue weighted by Crippen LogP contribution is -2.36. The van der Waals surface area contributed by atoms with E-state index in [9.17, 15) is 0 Å². The number of rotatable bonds is 8. The van der Waals surface area contributed by atoms with E-state index in [-0.39, 0.29) is 0 Å². The Kier molecular flexibility index (Phi) is 13.1. The van der Waals surface area contributed by atoms with Gasteiger partial charge in [-0.1, -0.05) is 24.3 Å². The van der Waals surface area contributed by atoms with Crippen LogP contribution in [0, 0.1) is 12.8 Å². The number of benzene rings is 2. The van der Waals surface area contributed by atoms with Crippen LogP contribution < -0.4 is 4.74 Å². The number of hydrogen-bond acceptors (Lipinski definition) is 8. The smallest absolute Gasteiger partial charge is 0.414 e. The molecule has 12 nitrogen and oxygen atoms in total. The number of nitrogens with zero attached hydrogens (tertiary/aromatic N) is 3. The van der Waals surface area contributed by atoms with Crippen molar-refractivity contribution in [3.05, 3.63) is 81.8 Å². The first-order chi connectivity index (χ1) is 21.5. The number of hydrogen-bond donors (Lipinski definition) is 4. The molecule has 0 unspecified atom stereocenters. The largest absolute Gasteiger partial charge is 0.497 e. The summed E-state index contributed by atoms with van der Waals surface area (Å²) in [6.45, 7) is 6.62. The molecule has 3 heterocycles. The molecule has 0 atom stereocenters. The van der Waals surface area contributed by atoms with Gasteiger partial charge < -0.3 is 34.6 Å². The fourth-order valence-electron chi connectivity index (χ4n) is 4.94. The van der Waals surface area contributed by atoms with Crippen LogP contribution in [0.3, 0.4) is 0 Å². The van der Waals surface area contributed by atoms with Gasteiger partial charge in [0.25, 0.3) is 0 Å². The Morgan fingerprint density at radius 2 is 1.47 bits per heavy atom. The molecule has 2 aromatic carbocycles. The molecular formula is C32H37N3O9S. The second-order valence-electron chi connectivity index (χ2n) is 10.4. The van der Waals surface area contributed by atoms with Gasteiger partial charge >= 0.3 is 23.9 Å². The summed E-state index contributed by atoms with van der Waals surface area (Å²) in [5.74, 6) is -4.41. The third kappa shape index (κ3) is 11.0. The molecule has 0 aliphatic carbocycles. The van der Waals surface area contributed by atoms with Gasteiger partial charge in [-0.05, 0) is 87.2 Å². The molecule has 0 bridgehead atoms. The highest BCUT2D eigenvalue weighted by Gasteiger charge is 2.22. The number of aromatic nitrogens is 2. The van der Waals surface area contributed by atoms with Crippen LogP contribution in [0.15, 0.2) is 60.7 Å². The average molecular weight is 640 g/mol. The Morgan fingerprint density at radius 3 is 2.00 bits per heavy atom. The zero-order valence-electron chi connectivity index (χ0n) is 25.1. The van der Waals surface area contributed by atoms with E-state index in [4.69, 9.17) is 49.3 Å². The molecule has 1 fully saturated rings. The van der Waals surface area contributed by atoms with Gasteiger partial charge in [-0.15, -0.1) is 11.3 Å². The number of aliphatic carboxylic acids is 4. The summed E-state index contributed by atoms with van der Waals surface area (Å²) in [6.07, 6.45) is 4.68. The summed E-state index contributed by atoms with van der Waals surface area (Å²) in [6, 6.07) is 21.6. The summed E-state index contributed by atoms with van der Waals surface area (Å²) in [4.78, 5) is 46.9. The summed E-state index contributed by atoms with van der Waals surface area (Å²) >= 11 is 1.89. The predicted molar refractivity (Wildman–Crippen MR) is 168 cm³/mol. The number of imidazole rings is 1. The van der Waals surface area contributed by atoms with Crippen molar-refractivity contribution >= 4 is 46.2 Å². The minimum Gasteiger partial charge on any atom is -0.497 e. The quantitative estimate of drug-likeness (QED) is 0.202. The number of piperidine rings is 1. The second-order valence-corrected chi connectivity index (χ2v) is 11.8. The Hall–Kier alpha value is -4.75. The van der Waals surface area contributed by atoms with Crippen LogP contribution in [0.1, 0.15) is 34.0 Å². The molecule has 2 aromatic heterocycles. The number of methoxy groups -OCH3 is 1. The highest BCUT2D eigenvalue weighted by molar-refractivity contribution is 7.11. The summed E-state index contributed by atoms with van der Waals surface area (Å²) in [5, 5.41) is 29.6. The first-order valence-electron chi connectivity index (χ1n) is 14.2. The molecule has 0 radical (unpaired) electrons. The van der Waals surface area contributed by atoms with Crippen LogP contribution in [0.25, 0.3) is 11.0 Å². The minimum atomic E-state index is -1.82. The topological polar surface area (TPSA) is 179 Å². The zero-order valence-corrected chi connectivity index (χ0v) is 25.9. The molecule has 240 valence electrons. The zero-order chi connectivity index (χ0) is 32.9. The third-order valence-corrected chi connectivity index (χ3v) is 8.25. The molecule has 0 saturated carbocycles. The fourth-order valence-corrected chi connectivity index (χ4v) is 5.81. The van der Waals surface area contributed by atoms with Gasteiger partial charge in [-0.2, -0.15) is 0 Å². The standard InChI is InChI=1S/C28H33N3OS.2C2H2O4/c1-21-7-12-25(33-21)20-31-27-6-4-3-5-26(27)29-28(31)19-23-14-17-30(18-15-23)16-13-22-8-10-24(32-2)11-9-22;2*3-1(4)2(5)6/h3-12,23H,13-20H2,1-2H3;2*(H,3,4)(H,5,6). The number of thiophene rings is 1. The first kappa shape index (κ1) is 34.7. The minimum absolute atomic E-state index is 0.711. The van der Waals surface area contributed by atoms with Crippen LogP contribution in [-0.2, 0) is 38.6 Å². The molecular weight excluding hydrogens is 602 g/mol. The second kappa shape index (κ2) is 16.9. The number of carboxylic acids is 4. The molecule has 45 heavy (non-hydrogen) atoms. The van der Waals surface area contributed by atoms with Crippen molar-refractivity contribution in [2.45, 2.75) is 39.2 Å². The predicted octanol–water partition coefficient (Wildman–Crippen LogP) is 4.27. The van der Waals surface area contributed by atoms with E-state index in [1.54, 1.807) is 7.11 Å². The van der Waals surface area contributed by atoms with Crippen molar-refractivity contribution in [1.29, 1.82) is 0 Å². The van der Waals surface area contributed by atoms with Crippen molar-refractivity contribution in [3.8, 4) is 5.75 Å². The monoisotopic (exact) mass is 639 g/mol. The number of para-hydroxylation sites is 2. The van der Waals surface area contributed by atoms with E-state index in [2.05, 4.69) is 77.1 Å². The number of aryl methyl sites for hydroxylation is 1. The molecule has 0 spiro atoms. The van der Waals surface area contributed by atoms with Gasteiger partial charge in [-0.25, -0.2) is 24.2 Å². The van der Waals surface area contributed by atoms with Crippen LogP contribution in [0.4, 0.5) is 0 Å².